The third kappa shape index (κ3) is 13.8. The molecule has 0 atom stereocenters. The third-order valence-electron chi connectivity index (χ3n) is 9.22. The first-order chi connectivity index (χ1) is 20.2. The van der Waals surface area contributed by atoms with Gasteiger partial charge in [-0.25, -0.2) is 4.98 Å². The van der Waals surface area contributed by atoms with E-state index in [0.717, 1.165) is 80.7 Å². The Bertz CT molecular complexity index is 940. The zero-order valence-electron chi connectivity index (χ0n) is 29.1. The van der Waals surface area contributed by atoms with Gasteiger partial charge in [0.2, 0.25) is 5.88 Å². The van der Waals surface area contributed by atoms with Gasteiger partial charge in [-0.3, -0.25) is 9.59 Å². The van der Waals surface area contributed by atoms with Crippen molar-refractivity contribution in [1.82, 2.24) is 9.97 Å². The smallest absolute Gasteiger partial charge is 0.312 e. The summed E-state index contributed by atoms with van der Waals surface area (Å²) in [6, 6.07) is 0. The quantitative estimate of drug-likeness (QED) is 0.0516. The van der Waals surface area contributed by atoms with E-state index in [9.17, 15) is 9.59 Å². The number of aromatic nitrogens is 2. The Morgan fingerprint density at radius 2 is 1.21 bits per heavy atom. The van der Waals surface area contributed by atoms with Crippen LogP contribution in [0, 0.1) is 35.5 Å². The van der Waals surface area contributed by atoms with Crippen molar-refractivity contribution in [3.63, 3.8) is 0 Å². The van der Waals surface area contributed by atoms with Gasteiger partial charge in [-0.05, 0) is 71.1 Å². The topological polar surface area (TPSA) is 87.6 Å². The summed E-state index contributed by atoms with van der Waals surface area (Å²) in [7, 11) is 0. The van der Waals surface area contributed by atoms with E-state index < -0.39 is 10.8 Å². The average Bonchev–Trinajstić information content (AvgIpc) is 2.95. The normalized spacial score (nSPS) is 12.3. The van der Waals surface area contributed by atoms with Crippen molar-refractivity contribution in [3.8, 4) is 5.88 Å². The molecule has 248 valence electrons. The predicted molar refractivity (Wildman–Crippen MR) is 177 cm³/mol. The number of hydrogen-bond donors (Lipinski definition) is 0. The number of ether oxygens (including phenoxy) is 3. The van der Waals surface area contributed by atoms with Gasteiger partial charge < -0.3 is 14.2 Å². The summed E-state index contributed by atoms with van der Waals surface area (Å²) in [6.45, 7) is 22.1. The summed E-state index contributed by atoms with van der Waals surface area (Å²) in [5, 5.41) is 0.758. The molecule has 1 rings (SSSR count). The summed E-state index contributed by atoms with van der Waals surface area (Å²) in [5.41, 5.74) is 0.101. The second-order valence-electron chi connectivity index (χ2n) is 13.6. The molecular weight excluding hydrogens is 560 g/mol. The molecule has 1 aromatic heterocycles. The summed E-state index contributed by atoms with van der Waals surface area (Å²) in [6.07, 6.45) is 12.3. The fraction of sp³-hybridized carbons (Fsp3) is 0.829. The van der Waals surface area contributed by atoms with E-state index >= 15 is 0 Å². The van der Waals surface area contributed by atoms with Gasteiger partial charge in [0.05, 0.1) is 30.7 Å². The maximum atomic E-state index is 12.6. The number of carbonyl (C=O) groups excluding carboxylic acids is 2. The van der Waals surface area contributed by atoms with Crippen LogP contribution in [0.15, 0.2) is 11.4 Å². The van der Waals surface area contributed by atoms with Crippen molar-refractivity contribution >= 4 is 23.7 Å². The first-order valence-corrected chi connectivity index (χ1v) is 17.7. The monoisotopic (exact) mass is 622 g/mol. The van der Waals surface area contributed by atoms with Crippen LogP contribution in [0.4, 0.5) is 0 Å². The maximum Gasteiger partial charge on any atom is 0.312 e. The van der Waals surface area contributed by atoms with Crippen LogP contribution in [0.3, 0.4) is 0 Å². The van der Waals surface area contributed by atoms with E-state index in [0.29, 0.717) is 25.7 Å². The third-order valence-corrected chi connectivity index (χ3v) is 10.2. The molecule has 0 fully saturated rings. The van der Waals surface area contributed by atoms with Crippen LogP contribution in [0.2, 0.25) is 0 Å². The molecule has 0 spiro atoms. The van der Waals surface area contributed by atoms with Crippen molar-refractivity contribution in [1.29, 1.82) is 0 Å². The molecule has 0 bridgehead atoms. The second-order valence-corrected chi connectivity index (χ2v) is 14.7. The number of nitrogens with zero attached hydrogens (tertiary/aromatic N) is 2. The van der Waals surface area contributed by atoms with Crippen LogP contribution in [-0.4, -0.2) is 47.5 Å². The van der Waals surface area contributed by atoms with Gasteiger partial charge >= 0.3 is 11.9 Å². The lowest BCUT2D eigenvalue weighted by Crippen LogP contribution is -2.39. The minimum absolute atomic E-state index is 0.0611. The lowest BCUT2D eigenvalue weighted by molar-refractivity contribution is -0.161. The largest absolute Gasteiger partial charge is 0.477 e. The number of unbranched alkanes of at least 4 members (excludes halogenated alkanes) is 8. The molecule has 0 unspecified atom stereocenters. The van der Waals surface area contributed by atoms with Crippen molar-refractivity contribution in [2.45, 2.75) is 139 Å². The Kier molecular flexibility index (Phi) is 18.5. The van der Waals surface area contributed by atoms with E-state index in [-0.39, 0.29) is 29.7 Å². The molecule has 1 aromatic rings. The molecule has 43 heavy (non-hydrogen) atoms. The van der Waals surface area contributed by atoms with Gasteiger partial charge in [0, 0.05) is 17.5 Å². The highest BCUT2D eigenvalue weighted by atomic mass is 32.2. The van der Waals surface area contributed by atoms with Crippen LogP contribution in [-0.2, 0) is 19.1 Å². The maximum absolute atomic E-state index is 12.6. The molecule has 1 heterocycles. The fourth-order valence-electron chi connectivity index (χ4n) is 4.47. The van der Waals surface area contributed by atoms with Crippen molar-refractivity contribution in [2.75, 3.05) is 25.6 Å². The van der Waals surface area contributed by atoms with E-state index in [1.165, 1.54) is 0 Å². The van der Waals surface area contributed by atoms with Gasteiger partial charge in [0.1, 0.15) is 0 Å². The Morgan fingerprint density at radius 3 is 1.74 bits per heavy atom. The van der Waals surface area contributed by atoms with Gasteiger partial charge in [0.25, 0.3) is 0 Å². The first-order valence-electron chi connectivity index (χ1n) is 16.7. The minimum atomic E-state index is -0.433. The molecule has 0 aliphatic rings. The zero-order valence-corrected chi connectivity index (χ0v) is 29.9. The molecule has 0 saturated carbocycles. The molecular formula is C35H62N2O5S. The number of carbonyl (C=O) groups is 2. The van der Waals surface area contributed by atoms with E-state index in [1.807, 2.05) is 33.9 Å². The van der Waals surface area contributed by atoms with E-state index in [4.69, 9.17) is 14.2 Å². The van der Waals surface area contributed by atoms with Crippen LogP contribution < -0.4 is 4.74 Å². The summed E-state index contributed by atoms with van der Waals surface area (Å²) >= 11 is 1.66. The highest BCUT2D eigenvalue weighted by molar-refractivity contribution is 7.99. The summed E-state index contributed by atoms with van der Waals surface area (Å²) in [5.74, 6) is 2.25. The second kappa shape index (κ2) is 20.2. The van der Waals surface area contributed by atoms with Crippen LogP contribution in [0.1, 0.15) is 132 Å². The number of thioether (sulfide) groups is 1. The van der Waals surface area contributed by atoms with Gasteiger partial charge in [-0.1, -0.05) is 91.8 Å². The van der Waals surface area contributed by atoms with Crippen LogP contribution in [0.5, 0.6) is 5.88 Å². The number of aryl methyl sites for hydroxylation is 1. The molecule has 0 aliphatic carbocycles. The molecule has 0 N–H and O–H groups in total. The molecule has 0 amide bonds. The van der Waals surface area contributed by atoms with Crippen molar-refractivity contribution in [3.05, 3.63) is 11.8 Å². The zero-order chi connectivity index (χ0) is 32.5. The standard InChI is InChI=1S/C35H62N2O5S/c1-26(2)34(8,9)31(38)41-22-19-15-16-20-24-43-33-36-25-29(7)30(37-33)40-21-17-13-11-12-14-18-23-42-32(39)35(10,27(3)4)28(5)6/h25-28H,11-24H2,1-10H3. The highest BCUT2D eigenvalue weighted by Crippen LogP contribution is 2.36. The van der Waals surface area contributed by atoms with E-state index in [1.54, 1.807) is 11.8 Å². The SMILES string of the molecule is Cc1cnc(SCCCCCCOC(=O)C(C)(C)C(C)C)nc1OCCCCCCCCOC(=O)C(C)(C(C)C)C(C)C. The molecule has 8 heteroatoms. The molecule has 7 nitrogen and oxygen atoms in total. The summed E-state index contributed by atoms with van der Waals surface area (Å²) in [4.78, 5) is 33.9. The molecule has 0 saturated heterocycles. The number of rotatable bonds is 23. The number of hydrogen-bond acceptors (Lipinski definition) is 8. The first kappa shape index (κ1) is 39.2. The molecule has 0 aromatic carbocycles. The Morgan fingerprint density at radius 1 is 0.721 bits per heavy atom. The van der Waals surface area contributed by atoms with Crippen molar-refractivity contribution in [2.24, 2.45) is 28.6 Å². The molecule has 0 radical (unpaired) electrons. The van der Waals surface area contributed by atoms with Gasteiger partial charge in [-0.15, -0.1) is 0 Å². The Balaban J connectivity index is 2.15. The van der Waals surface area contributed by atoms with Crippen LogP contribution in [0.25, 0.3) is 0 Å². The minimum Gasteiger partial charge on any atom is -0.477 e. The lowest BCUT2D eigenvalue weighted by atomic mass is 9.70. The predicted octanol–water partition coefficient (Wildman–Crippen LogP) is 9.24. The fourth-order valence-corrected chi connectivity index (χ4v) is 5.28. The van der Waals surface area contributed by atoms with Crippen LogP contribution >= 0.6 is 11.8 Å². The Labute approximate surface area is 267 Å². The van der Waals surface area contributed by atoms with E-state index in [2.05, 4.69) is 51.5 Å². The van der Waals surface area contributed by atoms with Gasteiger partial charge in [-0.2, -0.15) is 4.98 Å². The highest BCUT2D eigenvalue weighted by Gasteiger charge is 2.41. The Hall–Kier alpha value is -1.83. The van der Waals surface area contributed by atoms with Crippen molar-refractivity contribution < 1.29 is 23.8 Å². The molecule has 0 aliphatic heterocycles. The average molecular weight is 623 g/mol. The lowest BCUT2D eigenvalue weighted by Gasteiger charge is -2.35. The van der Waals surface area contributed by atoms with Gasteiger partial charge in [0.15, 0.2) is 5.16 Å². The summed E-state index contributed by atoms with van der Waals surface area (Å²) < 4.78 is 17.1. The number of esters is 2.